The number of benzene rings is 1. The molecule has 0 fully saturated rings. The zero-order chi connectivity index (χ0) is 17.4. The maximum absolute atomic E-state index is 11.7. The summed E-state index contributed by atoms with van der Waals surface area (Å²) in [5.41, 5.74) is 1.57. The summed E-state index contributed by atoms with van der Waals surface area (Å²) in [6.45, 7) is 2.05. The molecule has 0 saturated heterocycles. The van der Waals surface area contributed by atoms with Crippen molar-refractivity contribution in [3.05, 3.63) is 42.0 Å². The van der Waals surface area contributed by atoms with Gasteiger partial charge in [0.1, 0.15) is 24.1 Å². The van der Waals surface area contributed by atoms with Crippen molar-refractivity contribution in [2.45, 2.75) is 6.92 Å². The van der Waals surface area contributed by atoms with Crippen molar-refractivity contribution in [1.82, 2.24) is 4.98 Å². The number of carbonyl (C=O) groups is 1. The van der Waals surface area contributed by atoms with E-state index in [1.165, 1.54) is 7.11 Å². The van der Waals surface area contributed by atoms with Crippen LogP contribution in [0.2, 0.25) is 0 Å². The van der Waals surface area contributed by atoms with Crippen molar-refractivity contribution in [2.24, 2.45) is 0 Å². The first-order valence-corrected chi connectivity index (χ1v) is 7.36. The van der Waals surface area contributed by atoms with Crippen molar-refractivity contribution in [3.63, 3.8) is 0 Å². The van der Waals surface area contributed by atoms with E-state index in [1.54, 1.807) is 13.0 Å². The fourth-order valence-electron chi connectivity index (χ4n) is 2.02. The van der Waals surface area contributed by atoms with E-state index in [-0.39, 0.29) is 29.8 Å². The first-order chi connectivity index (χ1) is 11.7. The average Bonchev–Trinajstić information content (AvgIpc) is 2.56. The Hall–Kier alpha value is -3.11. The zero-order valence-electron chi connectivity index (χ0n) is 13.5. The number of anilines is 3. The molecule has 0 aliphatic carbocycles. The third-order valence-corrected chi connectivity index (χ3v) is 2.97. The molecule has 0 saturated carbocycles. The van der Waals surface area contributed by atoms with Crippen LogP contribution in [-0.2, 0) is 9.53 Å². The molecule has 2 rings (SSSR count). The zero-order valence-corrected chi connectivity index (χ0v) is 13.5. The number of amides is 1. The second-order valence-corrected chi connectivity index (χ2v) is 4.75. The third kappa shape index (κ3) is 4.44. The van der Waals surface area contributed by atoms with Gasteiger partial charge in [-0.15, -0.1) is 0 Å². The Balaban J connectivity index is 2.40. The Bertz CT molecular complexity index is 741. The van der Waals surface area contributed by atoms with Crippen LogP contribution in [0.15, 0.2) is 36.4 Å². The van der Waals surface area contributed by atoms with Crippen molar-refractivity contribution >= 4 is 23.1 Å². The quantitative estimate of drug-likeness (QED) is 0.812. The standard InChI is InChI=1S/C17H18N4O3/c1-3-24-17-13(10-18)14(19-12-7-5-4-6-8-12)9-15(21-17)20-16(22)11-23-2/h4-9H,3,11H2,1-2H3,(H2,19,20,21,22). The Morgan fingerprint density at radius 1 is 1.33 bits per heavy atom. The van der Waals surface area contributed by atoms with Gasteiger partial charge in [-0.25, -0.2) is 0 Å². The largest absolute Gasteiger partial charge is 0.477 e. The van der Waals surface area contributed by atoms with Gasteiger partial charge in [0.2, 0.25) is 5.88 Å². The third-order valence-electron chi connectivity index (χ3n) is 2.97. The smallest absolute Gasteiger partial charge is 0.251 e. The monoisotopic (exact) mass is 326 g/mol. The number of hydrogen-bond donors (Lipinski definition) is 2. The molecule has 2 N–H and O–H groups in total. The predicted octanol–water partition coefficient (Wildman–Crippen LogP) is 2.68. The van der Waals surface area contributed by atoms with Crippen LogP contribution in [0.25, 0.3) is 0 Å². The summed E-state index contributed by atoms with van der Waals surface area (Å²) in [4.78, 5) is 15.9. The summed E-state index contributed by atoms with van der Waals surface area (Å²) in [6.07, 6.45) is 0. The number of pyridine rings is 1. The summed E-state index contributed by atoms with van der Waals surface area (Å²) in [7, 11) is 1.43. The highest BCUT2D eigenvalue weighted by molar-refractivity contribution is 5.91. The Morgan fingerprint density at radius 3 is 2.71 bits per heavy atom. The molecule has 0 unspecified atom stereocenters. The molecular weight excluding hydrogens is 308 g/mol. The number of carbonyl (C=O) groups excluding carboxylic acids is 1. The minimum atomic E-state index is -0.345. The number of para-hydroxylation sites is 1. The second kappa shape index (κ2) is 8.50. The normalized spacial score (nSPS) is 9.88. The van der Waals surface area contributed by atoms with Gasteiger partial charge in [0.25, 0.3) is 5.91 Å². The number of hydrogen-bond acceptors (Lipinski definition) is 6. The first kappa shape index (κ1) is 17.2. The number of nitrogens with zero attached hydrogens (tertiary/aromatic N) is 2. The molecule has 124 valence electrons. The molecule has 2 aromatic rings. The van der Waals surface area contributed by atoms with Crippen LogP contribution in [0.5, 0.6) is 5.88 Å². The van der Waals surface area contributed by atoms with Gasteiger partial charge in [0.05, 0.1) is 12.3 Å². The van der Waals surface area contributed by atoms with Gasteiger partial charge >= 0.3 is 0 Å². The molecule has 0 spiro atoms. The fraction of sp³-hybridized carbons (Fsp3) is 0.235. The average molecular weight is 326 g/mol. The van der Waals surface area contributed by atoms with Crippen LogP contribution in [0.3, 0.4) is 0 Å². The van der Waals surface area contributed by atoms with E-state index < -0.39 is 0 Å². The van der Waals surface area contributed by atoms with E-state index in [1.807, 2.05) is 30.3 Å². The fourth-order valence-corrected chi connectivity index (χ4v) is 2.02. The van der Waals surface area contributed by atoms with Crippen molar-refractivity contribution < 1.29 is 14.3 Å². The van der Waals surface area contributed by atoms with E-state index in [9.17, 15) is 10.1 Å². The molecule has 1 amide bonds. The highest BCUT2D eigenvalue weighted by Gasteiger charge is 2.15. The molecular formula is C17H18N4O3. The first-order valence-electron chi connectivity index (χ1n) is 7.36. The van der Waals surface area contributed by atoms with Gasteiger partial charge in [-0.2, -0.15) is 10.2 Å². The molecule has 0 bridgehead atoms. The molecule has 1 aromatic carbocycles. The molecule has 0 atom stereocenters. The number of ether oxygens (including phenoxy) is 2. The van der Waals surface area contributed by atoms with E-state index >= 15 is 0 Å². The Kier molecular flexibility index (Phi) is 6.11. The van der Waals surface area contributed by atoms with Gasteiger partial charge in [-0.1, -0.05) is 18.2 Å². The molecule has 0 aliphatic rings. The summed E-state index contributed by atoms with van der Waals surface area (Å²) in [5, 5.41) is 15.2. The van der Waals surface area contributed by atoms with E-state index in [2.05, 4.69) is 21.7 Å². The predicted molar refractivity (Wildman–Crippen MR) is 90.4 cm³/mol. The van der Waals surface area contributed by atoms with Gasteiger partial charge < -0.3 is 20.1 Å². The van der Waals surface area contributed by atoms with E-state index in [0.29, 0.717) is 12.3 Å². The molecule has 7 heteroatoms. The maximum Gasteiger partial charge on any atom is 0.251 e. The SMILES string of the molecule is CCOc1nc(NC(=O)COC)cc(Nc2ccccc2)c1C#N. The lowest BCUT2D eigenvalue weighted by Crippen LogP contribution is -2.18. The Morgan fingerprint density at radius 2 is 2.08 bits per heavy atom. The topological polar surface area (TPSA) is 96.3 Å². The van der Waals surface area contributed by atoms with Gasteiger partial charge in [0, 0.05) is 18.9 Å². The van der Waals surface area contributed by atoms with Crippen LogP contribution in [0.4, 0.5) is 17.2 Å². The minimum absolute atomic E-state index is 0.0902. The van der Waals surface area contributed by atoms with Gasteiger partial charge in [-0.05, 0) is 19.1 Å². The maximum atomic E-state index is 11.7. The minimum Gasteiger partial charge on any atom is -0.477 e. The van der Waals surface area contributed by atoms with Gasteiger partial charge in [-0.3, -0.25) is 4.79 Å². The Labute approximate surface area is 140 Å². The summed E-state index contributed by atoms with van der Waals surface area (Å²) in [5.74, 6) is 0.0920. The molecule has 24 heavy (non-hydrogen) atoms. The van der Waals surface area contributed by atoms with Crippen LogP contribution < -0.4 is 15.4 Å². The van der Waals surface area contributed by atoms with Gasteiger partial charge in [0.15, 0.2) is 0 Å². The highest BCUT2D eigenvalue weighted by atomic mass is 16.5. The molecule has 1 heterocycles. The van der Waals surface area contributed by atoms with Crippen LogP contribution in [0.1, 0.15) is 12.5 Å². The molecule has 7 nitrogen and oxygen atoms in total. The number of aromatic nitrogens is 1. The number of methoxy groups -OCH3 is 1. The number of rotatable bonds is 7. The van der Waals surface area contributed by atoms with Crippen LogP contribution >= 0.6 is 0 Å². The summed E-state index contributed by atoms with van der Waals surface area (Å²) < 4.78 is 10.2. The summed E-state index contributed by atoms with van der Waals surface area (Å²) in [6, 6.07) is 13.0. The molecule has 0 aliphatic heterocycles. The lowest BCUT2D eigenvalue weighted by molar-refractivity contribution is -0.119. The van der Waals surface area contributed by atoms with Crippen molar-refractivity contribution in [2.75, 3.05) is 31.0 Å². The number of nitrogens with one attached hydrogen (secondary N) is 2. The van der Waals surface area contributed by atoms with E-state index in [4.69, 9.17) is 9.47 Å². The van der Waals surface area contributed by atoms with Crippen molar-refractivity contribution in [1.29, 1.82) is 5.26 Å². The number of nitriles is 1. The van der Waals surface area contributed by atoms with Crippen molar-refractivity contribution in [3.8, 4) is 11.9 Å². The van der Waals surface area contributed by atoms with Crippen LogP contribution in [-0.4, -0.2) is 31.2 Å². The summed E-state index contributed by atoms with van der Waals surface area (Å²) >= 11 is 0. The molecule has 0 radical (unpaired) electrons. The second-order valence-electron chi connectivity index (χ2n) is 4.75. The lowest BCUT2D eigenvalue weighted by Gasteiger charge is -2.14. The highest BCUT2D eigenvalue weighted by Crippen LogP contribution is 2.29. The van der Waals surface area contributed by atoms with Crippen LogP contribution in [0, 0.1) is 11.3 Å². The van der Waals surface area contributed by atoms with E-state index in [0.717, 1.165) is 5.69 Å². The molecule has 1 aromatic heterocycles. The lowest BCUT2D eigenvalue weighted by atomic mass is 10.2.